The van der Waals surface area contributed by atoms with Crippen molar-refractivity contribution in [1.82, 2.24) is 0 Å². The Morgan fingerprint density at radius 2 is 1.86 bits per heavy atom. The van der Waals surface area contributed by atoms with Crippen molar-refractivity contribution in [2.45, 2.75) is 31.8 Å². The van der Waals surface area contributed by atoms with E-state index in [0.717, 1.165) is 6.26 Å². The number of hydrogen-bond acceptors (Lipinski definition) is 4. The van der Waals surface area contributed by atoms with Crippen LogP contribution >= 0.6 is 0 Å². The zero-order chi connectivity index (χ0) is 16.4. The number of sulfone groups is 1. The number of nitrogens with zero attached hydrogens (tertiary/aromatic N) is 1. The SMILES string of the molecule is Cc1c(C(=O)N=C(N)N)ccc(OC(C)C)c1S(C)(=O)=O. The molecule has 0 bridgehead atoms. The van der Waals surface area contributed by atoms with Gasteiger partial charge in [-0.1, -0.05) is 0 Å². The van der Waals surface area contributed by atoms with E-state index in [1.165, 1.54) is 19.1 Å². The summed E-state index contributed by atoms with van der Waals surface area (Å²) >= 11 is 0. The van der Waals surface area contributed by atoms with E-state index in [4.69, 9.17) is 16.2 Å². The number of ether oxygens (including phenoxy) is 1. The van der Waals surface area contributed by atoms with E-state index < -0.39 is 15.7 Å². The smallest absolute Gasteiger partial charge is 0.280 e. The predicted octanol–water partition coefficient (Wildman–Crippen LogP) is 0.599. The van der Waals surface area contributed by atoms with Gasteiger partial charge in [0.25, 0.3) is 5.91 Å². The van der Waals surface area contributed by atoms with Crippen LogP contribution in [0.15, 0.2) is 22.0 Å². The molecule has 0 saturated heterocycles. The average molecular weight is 313 g/mol. The number of benzene rings is 1. The topological polar surface area (TPSA) is 125 Å². The van der Waals surface area contributed by atoms with Crippen LogP contribution in [0, 0.1) is 6.92 Å². The van der Waals surface area contributed by atoms with Gasteiger partial charge in [-0.2, -0.15) is 4.99 Å². The number of hydrogen-bond donors (Lipinski definition) is 2. The monoisotopic (exact) mass is 313 g/mol. The third-order valence-electron chi connectivity index (χ3n) is 2.56. The molecule has 0 aliphatic carbocycles. The molecule has 7 nitrogen and oxygen atoms in total. The van der Waals surface area contributed by atoms with E-state index >= 15 is 0 Å². The molecule has 1 aromatic carbocycles. The van der Waals surface area contributed by atoms with Crippen LogP contribution < -0.4 is 16.2 Å². The van der Waals surface area contributed by atoms with Crippen LogP contribution in [0.4, 0.5) is 0 Å². The summed E-state index contributed by atoms with van der Waals surface area (Å²) in [6.07, 6.45) is 0.848. The molecule has 116 valence electrons. The van der Waals surface area contributed by atoms with Gasteiger partial charge < -0.3 is 16.2 Å². The van der Waals surface area contributed by atoms with Gasteiger partial charge in [0.2, 0.25) is 0 Å². The zero-order valence-electron chi connectivity index (χ0n) is 12.4. The van der Waals surface area contributed by atoms with Crippen LogP contribution in [0.2, 0.25) is 0 Å². The Hall–Kier alpha value is -2.09. The van der Waals surface area contributed by atoms with Gasteiger partial charge in [0.05, 0.1) is 6.10 Å². The molecule has 0 heterocycles. The van der Waals surface area contributed by atoms with Crippen molar-refractivity contribution in [2.75, 3.05) is 6.26 Å². The highest BCUT2D eigenvalue weighted by Gasteiger charge is 2.23. The summed E-state index contributed by atoms with van der Waals surface area (Å²) < 4.78 is 29.4. The third kappa shape index (κ3) is 4.19. The van der Waals surface area contributed by atoms with Crippen LogP contribution in [0.25, 0.3) is 0 Å². The fraction of sp³-hybridized carbons (Fsp3) is 0.385. The number of nitrogens with two attached hydrogens (primary N) is 2. The Morgan fingerprint density at radius 3 is 2.29 bits per heavy atom. The van der Waals surface area contributed by atoms with E-state index in [0.29, 0.717) is 0 Å². The molecular formula is C13H19N3O4S. The third-order valence-corrected chi connectivity index (χ3v) is 3.81. The summed E-state index contributed by atoms with van der Waals surface area (Å²) in [5, 5.41) is 0. The minimum absolute atomic E-state index is 0.0344. The van der Waals surface area contributed by atoms with Gasteiger partial charge in [0.15, 0.2) is 15.8 Å². The highest BCUT2D eigenvalue weighted by Crippen LogP contribution is 2.31. The molecule has 21 heavy (non-hydrogen) atoms. The largest absolute Gasteiger partial charge is 0.490 e. The van der Waals surface area contributed by atoms with Crippen molar-refractivity contribution in [3.8, 4) is 5.75 Å². The van der Waals surface area contributed by atoms with Gasteiger partial charge in [0.1, 0.15) is 10.6 Å². The molecule has 1 aromatic rings. The van der Waals surface area contributed by atoms with Gasteiger partial charge in [-0.05, 0) is 38.5 Å². The van der Waals surface area contributed by atoms with Crippen molar-refractivity contribution < 1.29 is 17.9 Å². The molecule has 0 spiro atoms. The quantitative estimate of drug-likeness (QED) is 0.619. The molecule has 1 rings (SSSR count). The van der Waals surface area contributed by atoms with Crippen molar-refractivity contribution in [2.24, 2.45) is 16.5 Å². The van der Waals surface area contributed by atoms with Crippen molar-refractivity contribution >= 4 is 21.7 Å². The Bertz CT molecular complexity index is 690. The summed E-state index contributed by atoms with van der Waals surface area (Å²) in [5.74, 6) is -0.887. The summed E-state index contributed by atoms with van der Waals surface area (Å²) in [6.45, 7) is 5.07. The van der Waals surface area contributed by atoms with Gasteiger partial charge in [-0.3, -0.25) is 4.79 Å². The minimum atomic E-state index is -3.58. The van der Waals surface area contributed by atoms with Crippen LogP contribution in [0.1, 0.15) is 29.8 Å². The highest BCUT2D eigenvalue weighted by molar-refractivity contribution is 7.90. The second-order valence-corrected chi connectivity index (χ2v) is 6.80. The van der Waals surface area contributed by atoms with Gasteiger partial charge in [0, 0.05) is 11.8 Å². The predicted molar refractivity (Wildman–Crippen MR) is 80.2 cm³/mol. The second-order valence-electron chi connectivity index (χ2n) is 4.85. The lowest BCUT2D eigenvalue weighted by Crippen LogP contribution is -2.24. The number of carbonyl (C=O) groups is 1. The normalized spacial score (nSPS) is 11.3. The number of rotatable bonds is 4. The van der Waals surface area contributed by atoms with Crippen LogP contribution in [0.3, 0.4) is 0 Å². The Labute approximate surface area is 123 Å². The van der Waals surface area contributed by atoms with E-state index in [9.17, 15) is 13.2 Å². The number of aliphatic imine (C=N–C) groups is 1. The van der Waals surface area contributed by atoms with Crippen LogP contribution in [-0.4, -0.2) is 32.6 Å². The van der Waals surface area contributed by atoms with E-state index in [2.05, 4.69) is 4.99 Å². The molecular weight excluding hydrogens is 294 g/mol. The molecule has 0 aliphatic rings. The molecule has 0 unspecified atom stereocenters. The number of guanidine groups is 1. The van der Waals surface area contributed by atoms with Gasteiger partial charge in [-0.25, -0.2) is 8.42 Å². The van der Waals surface area contributed by atoms with Gasteiger partial charge >= 0.3 is 0 Å². The molecule has 0 aromatic heterocycles. The molecule has 0 saturated carbocycles. The van der Waals surface area contributed by atoms with E-state index in [-0.39, 0.29) is 33.8 Å². The maximum Gasteiger partial charge on any atom is 0.280 e. The first-order valence-electron chi connectivity index (χ1n) is 6.18. The van der Waals surface area contributed by atoms with Crippen molar-refractivity contribution in [3.05, 3.63) is 23.3 Å². The summed E-state index contributed by atoms with van der Waals surface area (Å²) in [6, 6.07) is 2.87. The fourth-order valence-corrected chi connectivity index (χ4v) is 3.03. The first kappa shape index (κ1) is 17.0. The Balaban J connectivity index is 3.55. The maximum atomic E-state index is 12.0. The van der Waals surface area contributed by atoms with Crippen molar-refractivity contribution in [1.29, 1.82) is 0 Å². The molecule has 8 heteroatoms. The Morgan fingerprint density at radius 1 is 1.29 bits per heavy atom. The number of amides is 1. The molecule has 1 amide bonds. The maximum absolute atomic E-state index is 12.0. The second kappa shape index (κ2) is 6.13. The van der Waals surface area contributed by atoms with E-state index in [1.807, 2.05) is 0 Å². The van der Waals surface area contributed by atoms with Crippen LogP contribution in [0.5, 0.6) is 5.75 Å². The summed E-state index contributed by atoms with van der Waals surface area (Å²) in [7, 11) is -3.58. The molecule has 0 radical (unpaired) electrons. The first-order chi connectivity index (χ1) is 9.54. The highest BCUT2D eigenvalue weighted by atomic mass is 32.2. The molecule has 0 aliphatic heterocycles. The molecule has 0 fully saturated rings. The van der Waals surface area contributed by atoms with Crippen molar-refractivity contribution in [3.63, 3.8) is 0 Å². The summed E-state index contributed by atoms with van der Waals surface area (Å²) in [4.78, 5) is 15.3. The summed E-state index contributed by atoms with van der Waals surface area (Å²) in [5.41, 5.74) is 10.7. The molecule has 4 N–H and O–H groups in total. The Kier molecular flexibility index (Phi) is 4.95. The van der Waals surface area contributed by atoms with Crippen LogP contribution in [-0.2, 0) is 9.84 Å². The average Bonchev–Trinajstić information content (AvgIpc) is 2.24. The first-order valence-corrected chi connectivity index (χ1v) is 8.07. The zero-order valence-corrected chi connectivity index (χ0v) is 13.2. The fourth-order valence-electron chi connectivity index (χ4n) is 1.88. The standard InChI is InChI=1S/C13H19N3O4S/c1-7(2)20-10-6-5-9(12(17)16-13(14)15)8(3)11(10)21(4,18)19/h5-7H,1-4H3,(H4,14,15,16,17). The minimum Gasteiger partial charge on any atom is -0.490 e. The lowest BCUT2D eigenvalue weighted by Gasteiger charge is -2.16. The number of carbonyl (C=O) groups excluding carboxylic acids is 1. The lowest BCUT2D eigenvalue weighted by molar-refractivity contribution is 0.100. The van der Waals surface area contributed by atoms with Gasteiger partial charge in [-0.15, -0.1) is 0 Å². The molecule has 0 atom stereocenters. The lowest BCUT2D eigenvalue weighted by atomic mass is 10.1. The van der Waals surface area contributed by atoms with E-state index in [1.54, 1.807) is 13.8 Å².